The molecule has 0 bridgehead atoms. The third-order valence-corrected chi connectivity index (χ3v) is 5.66. The van der Waals surface area contributed by atoms with Gasteiger partial charge in [0.25, 0.3) is 0 Å². The minimum absolute atomic E-state index is 0. The summed E-state index contributed by atoms with van der Waals surface area (Å²) in [6, 6.07) is 8.07. The summed E-state index contributed by atoms with van der Waals surface area (Å²) in [5.41, 5.74) is 0.945. The van der Waals surface area contributed by atoms with Crippen LogP contribution in [-0.4, -0.2) is 40.4 Å². The minimum atomic E-state index is 0. The quantitative estimate of drug-likeness (QED) is 0.284. The second-order valence-corrected chi connectivity index (χ2v) is 7.85. The van der Waals surface area contributed by atoms with Gasteiger partial charge in [-0.25, -0.2) is 4.99 Å². The van der Waals surface area contributed by atoms with Crippen molar-refractivity contribution >= 4 is 41.3 Å². The van der Waals surface area contributed by atoms with Crippen LogP contribution in [0.5, 0.6) is 17.2 Å². The fourth-order valence-corrected chi connectivity index (χ4v) is 3.70. The lowest BCUT2D eigenvalue weighted by molar-refractivity contribution is 0.322. The molecule has 0 fully saturated rings. The molecule has 0 aliphatic carbocycles. The van der Waals surface area contributed by atoms with E-state index in [1.54, 1.807) is 32.7 Å². The number of nitrogens with one attached hydrogen (secondary N) is 2. The molecule has 1 aromatic carbocycles. The molecular formula is C21H32IN3O3S. The molecule has 1 heterocycles. The summed E-state index contributed by atoms with van der Waals surface area (Å²) in [5, 5.41) is 8.87. The zero-order chi connectivity index (χ0) is 20.6. The van der Waals surface area contributed by atoms with Crippen molar-refractivity contribution in [1.82, 2.24) is 10.6 Å². The predicted octanol–water partition coefficient (Wildman–Crippen LogP) is 4.42. The van der Waals surface area contributed by atoms with Crippen LogP contribution in [0.4, 0.5) is 0 Å². The Kier molecular flexibility index (Phi) is 10.6. The Morgan fingerprint density at radius 3 is 2.31 bits per heavy atom. The molecule has 162 valence electrons. The summed E-state index contributed by atoms with van der Waals surface area (Å²) in [7, 11) is 4.83. The van der Waals surface area contributed by atoms with E-state index in [4.69, 9.17) is 19.2 Å². The Balaban J connectivity index is 0.00000420. The molecule has 1 aromatic heterocycles. The number of halogens is 1. The highest BCUT2D eigenvalue weighted by Gasteiger charge is 2.22. The van der Waals surface area contributed by atoms with Crippen LogP contribution in [0.1, 0.15) is 31.2 Å². The van der Waals surface area contributed by atoms with Crippen molar-refractivity contribution in [3.63, 3.8) is 0 Å². The first-order valence-corrected chi connectivity index (χ1v) is 10.2. The van der Waals surface area contributed by atoms with Gasteiger partial charge in [-0.15, -0.1) is 35.3 Å². The number of nitrogens with zero attached hydrogens (tertiary/aromatic N) is 1. The van der Waals surface area contributed by atoms with Crippen LogP contribution in [0.3, 0.4) is 0 Å². The lowest BCUT2D eigenvalue weighted by Gasteiger charge is -2.25. The number of benzene rings is 1. The average Bonchev–Trinajstić information content (AvgIpc) is 3.25. The van der Waals surface area contributed by atoms with E-state index in [-0.39, 0.29) is 29.4 Å². The number of methoxy groups -OCH3 is 3. The van der Waals surface area contributed by atoms with Crippen LogP contribution in [0, 0.1) is 0 Å². The maximum atomic E-state index is 5.55. The molecule has 0 aliphatic heterocycles. The first kappa shape index (κ1) is 25.4. The molecule has 2 aromatic rings. The molecule has 0 atom stereocenters. The van der Waals surface area contributed by atoms with Crippen LogP contribution in [0.2, 0.25) is 0 Å². The maximum absolute atomic E-state index is 5.55. The first-order chi connectivity index (χ1) is 13.5. The number of thiophene rings is 1. The van der Waals surface area contributed by atoms with Gasteiger partial charge >= 0.3 is 0 Å². The third-order valence-electron chi connectivity index (χ3n) is 4.42. The van der Waals surface area contributed by atoms with Crippen LogP contribution in [0.25, 0.3) is 0 Å². The smallest absolute Gasteiger partial charge is 0.203 e. The van der Waals surface area contributed by atoms with Gasteiger partial charge in [0.2, 0.25) is 5.75 Å². The molecule has 8 heteroatoms. The molecule has 2 N–H and O–H groups in total. The van der Waals surface area contributed by atoms with Crippen molar-refractivity contribution in [3.8, 4) is 17.2 Å². The number of aliphatic imine (C=N–C) groups is 1. The van der Waals surface area contributed by atoms with Crippen LogP contribution in [0.15, 0.2) is 34.6 Å². The second kappa shape index (κ2) is 12.1. The van der Waals surface area contributed by atoms with Crippen LogP contribution >= 0.6 is 35.3 Å². The van der Waals surface area contributed by atoms with Crippen LogP contribution < -0.4 is 24.8 Å². The Morgan fingerprint density at radius 1 is 1.03 bits per heavy atom. The van der Waals surface area contributed by atoms with E-state index < -0.39 is 0 Å². The summed E-state index contributed by atoms with van der Waals surface area (Å²) in [6.07, 6.45) is 0. The van der Waals surface area contributed by atoms with Crippen molar-refractivity contribution in [2.75, 3.05) is 34.4 Å². The monoisotopic (exact) mass is 533 g/mol. The molecule has 0 unspecified atom stereocenters. The standard InChI is InChI=1S/C21H31N3O3S.HI/c1-7-22-20(24-14-21(2,3)17-9-8-12-28-17)23-13-15-10-11-16(25-4)19(27-6)18(15)26-5;/h8-12H,7,13-14H2,1-6H3,(H2,22,23,24);1H. The van der Waals surface area contributed by atoms with E-state index in [0.29, 0.717) is 23.8 Å². The summed E-state index contributed by atoms with van der Waals surface area (Å²) in [4.78, 5) is 6.07. The Bertz CT molecular complexity index is 780. The first-order valence-electron chi connectivity index (χ1n) is 9.30. The Hall–Kier alpha value is -1.68. The van der Waals surface area contributed by atoms with E-state index in [1.165, 1.54) is 4.88 Å². The summed E-state index contributed by atoms with van der Waals surface area (Å²) < 4.78 is 16.4. The second-order valence-electron chi connectivity index (χ2n) is 6.90. The normalized spacial score (nSPS) is 11.4. The predicted molar refractivity (Wildman–Crippen MR) is 132 cm³/mol. The summed E-state index contributed by atoms with van der Waals surface area (Å²) in [6.45, 7) is 8.53. The molecule has 2 rings (SSSR count). The topological polar surface area (TPSA) is 64.1 Å². The largest absolute Gasteiger partial charge is 0.493 e. The molecule has 6 nitrogen and oxygen atoms in total. The van der Waals surface area contributed by atoms with Gasteiger partial charge in [-0.05, 0) is 30.5 Å². The molecule has 0 spiro atoms. The molecule has 0 saturated heterocycles. The average molecular weight is 533 g/mol. The lowest BCUT2D eigenvalue weighted by Crippen LogP contribution is -2.43. The van der Waals surface area contributed by atoms with E-state index >= 15 is 0 Å². The molecule has 29 heavy (non-hydrogen) atoms. The van der Waals surface area contributed by atoms with Gasteiger partial charge in [0.15, 0.2) is 17.5 Å². The fourth-order valence-electron chi connectivity index (χ4n) is 2.85. The van der Waals surface area contributed by atoms with Gasteiger partial charge in [0.1, 0.15) is 0 Å². The van der Waals surface area contributed by atoms with Crippen molar-refractivity contribution in [2.24, 2.45) is 4.99 Å². The van der Waals surface area contributed by atoms with Crippen molar-refractivity contribution in [1.29, 1.82) is 0 Å². The highest BCUT2D eigenvalue weighted by Crippen LogP contribution is 2.40. The van der Waals surface area contributed by atoms with E-state index in [9.17, 15) is 0 Å². The Labute approximate surface area is 195 Å². The molecule has 0 radical (unpaired) electrons. The minimum Gasteiger partial charge on any atom is -0.493 e. The van der Waals surface area contributed by atoms with E-state index in [1.807, 2.05) is 12.1 Å². The van der Waals surface area contributed by atoms with Gasteiger partial charge in [-0.1, -0.05) is 19.9 Å². The SMILES string of the molecule is CCNC(=NCc1ccc(OC)c(OC)c1OC)NCC(C)(C)c1cccs1.I. The van der Waals surface area contributed by atoms with Crippen LogP contribution in [-0.2, 0) is 12.0 Å². The fraction of sp³-hybridized carbons (Fsp3) is 0.476. The zero-order valence-corrected chi connectivity index (χ0v) is 21.1. The Morgan fingerprint density at radius 2 is 1.76 bits per heavy atom. The zero-order valence-electron chi connectivity index (χ0n) is 18.0. The number of rotatable bonds is 9. The van der Waals surface area contributed by atoms with E-state index in [2.05, 4.69) is 48.9 Å². The van der Waals surface area contributed by atoms with Gasteiger partial charge in [0, 0.05) is 28.9 Å². The van der Waals surface area contributed by atoms with Gasteiger partial charge in [-0.3, -0.25) is 0 Å². The number of hydrogen-bond donors (Lipinski definition) is 2. The van der Waals surface area contributed by atoms with Crippen molar-refractivity contribution in [3.05, 3.63) is 40.1 Å². The van der Waals surface area contributed by atoms with Gasteiger partial charge < -0.3 is 24.8 Å². The number of guanidine groups is 1. The molecule has 0 saturated carbocycles. The molecule has 0 aliphatic rings. The highest BCUT2D eigenvalue weighted by molar-refractivity contribution is 14.0. The molecular weight excluding hydrogens is 501 g/mol. The maximum Gasteiger partial charge on any atom is 0.203 e. The lowest BCUT2D eigenvalue weighted by atomic mass is 9.91. The number of ether oxygens (including phenoxy) is 3. The number of hydrogen-bond acceptors (Lipinski definition) is 5. The van der Waals surface area contributed by atoms with Gasteiger partial charge in [0.05, 0.1) is 27.9 Å². The van der Waals surface area contributed by atoms with Gasteiger partial charge in [-0.2, -0.15) is 0 Å². The van der Waals surface area contributed by atoms with E-state index in [0.717, 1.165) is 24.6 Å². The molecule has 0 amide bonds. The summed E-state index contributed by atoms with van der Waals surface area (Å²) in [5.74, 6) is 2.62. The highest BCUT2D eigenvalue weighted by atomic mass is 127. The van der Waals surface area contributed by atoms with Crippen molar-refractivity contribution < 1.29 is 14.2 Å². The summed E-state index contributed by atoms with van der Waals surface area (Å²) >= 11 is 1.78. The van der Waals surface area contributed by atoms with Crippen molar-refractivity contribution in [2.45, 2.75) is 32.7 Å². The third kappa shape index (κ3) is 6.67.